The van der Waals surface area contributed by atoms with Gasteiger partial charge in [-0.15, -0.1) is 0 Å². The van der Waals surface area contributed by atoms with Crippen LogP contribution in [0.15, 0.2) is 67.0 Å². The van der Waals surface area contributed by atoms with Crippen molar-refractivity contribution in [2.45, 2.75) is 13.1 Å². The van der Waals surface area contributed by atoms with Gasteiger partial charge in [0.15, 0.2) is 5.75 Å². The first kappa shape index (κ1) is 27.8. The van der Waals surface area contributed by atoms with E-state index in [1.807, 2.05) is 0 Å². The third-order valence-corrected chi connectivity index (χ3v) is 8.11. The summed E-state index contributed by atoms with van der Waals surface area (Å²) in [4.78, 5) is 16.3. The number of methoxy groups -OCH3 is 1. The van der Waals surface area contributed by atoms with E-state index in [0.717, 1.165) is 23.5 Å². The predicted molar refractivity (Wildman–Crippen MR) is 148 cm³/mol. The number of nitrogens with zero attached hydrogens (tertiary/aromatic N) is 3. The zero-order chi connectivity index (χ0) is 29.5. The summed E-state index contributed by atoms with van der Waals surface area (Å²) >= 11 is 0. The van der Waals surface area contributed by atoms with Gasteiger partial charge < -0.3 is 19.5 Å². The fraction of sp³-hybridized carbons (Fsp3) is 0.143. The molecule has 0 fully saturated rings. The van der Waals surface area contributed by atoms with Gasteiger partial charge in [-0.05, 0) is 47.5 Å². The molecule has 212 valence electrons. The Bertz CT molecular complexity index is 1910. The Balaban J connectivity index is 1.59. The number of benzene rings is 3. The number of esters is 1. The molecule has 0 aliphatic carbocycles. The number of aromatic hydroxyl groups is 2. The molecule has 0 spiro atoms. The van der Waals surface area contributed by atoms with E-state index in [0.29, 0.717) is 5.56 Å². The van der Waals surface area contributed by atoms with Crippen LogP contribution in [0.5, 0.6) is 11.6 Å². The van der Waals surface area contributed by atoms with Gasteiger partial charge in [0, 0.05) is 36.8 Å². The van der Waals surface area contributed by atoms with Crippen LogP contribution >= 0.6 is 0 Å². The third kappa shape index (κ3) is 5.12. The van der Waals surface area contributed by atoms with E-state index < -0.39 is 27.8 Å². The fourth-order valence-electron chi connectivity index (χ4n) is 4.64. The van der Waals surface area contributed by atoms with Gasteiger partial charge in [0.1, 0.15) is 17.2 Å². The minimum absolute atomic E-state index is 0.0260. The number of phenolic OH excluding ortho intramolecular Hbond substituents is 1. The van der Waals surface area contributed by atoms with Gasteiger partial charge in [0.25, 0.3) is 0 Å². The van der Waals surface area contributed by atoms with E-state index >= 15 is 0 Å². The third-order valence-electron chi connectivity index (χ3n) is 6.69. The molecule has 41 heavy (non-hydrogen) atoms. The van der Waals surface area contributed by atoms with Crippen LogP contribution in [0.3, 0.4) is 0 Å². The monoisotopic (exact) mass is 582 g/mol. The van der Waals surface area contributed by atoms with Crippen LogP contribution in [0.25, 0.3) is 21.7 Å². The summed E-state index contributed by atoms with van der Waals surface area (Å²) in [7, 11) is -1.93. The number of aromatic nitrogens is 2. The molecule has 13 heteroatoms. The van der Waals surface area contributed by atoms with Crippen molar-refractivity contribution in [3.63, 3.8) is 0 Å². The van der Waals surface area contributed by atoms with Gasteiger partial charge in [-0.2, -0.15) is 13.1 Å². The van der Waals surface area contributed by atoms with Gasteiger partial charge in [-0.25, -0.2) is 13.6 Å². The van der Waals surface area contributed by atoms with Crippen molar-refractivity contribution >= 4 is 43.5 Å². The molecule has 0 aliphatic heterocycles. The maximum atomic E-state index is 13.8. The Kier molecular flexibility index (Phi) is 7.24. The molecule has 3 aromatic carbocycles. The van der Waals surface area contributed by atoms with E-state index in [1.165, 1.54) is 54.3 Å². The largest absolute Gasteiger partial charge is 0.505 e. The maximum Gasteiger partial charge on any atom is 0.338 e. The van der Waals surface area contributed by atoms with Gasteiger partial charge >= 0.3 is 16.2 Å². The van der Waals surface area contributed by atoms with Crippen LogP contribution < -0.4 is 9.03 Å². The summed E-state index contributed by atoms with van der Waals surface area (Å²) in [5, 5.41) is 22.6. The number of fused-ring (bicyclic) bond motifs is 2. The molecule has 0 atom stereocenters. The second-order valence-corrected chi connectivity index (χ2v) is 11.0. The van der Waals surface area contributed by atoms with Crippen molar-refractivity contribution in [2.24, 2.45) is 0 Å². The number of carbonyl (C=O) groups is 1. The molecule has 2 aromatic heterocycles. The van der Waals surface area contributed by atoms with E-state index in [4.69, 9.17) is 0 Å². The second-order valence-electron chi connectivity index (χ2n) is 9.18. The van der Waals surface area contributed by atoms with E-state index in [9.17, 15) is 32.2 Å². The summed E-state index contributed by atoms with van der Waals surface area (Å²) in [5.41, 5.74) is 0.851. The lowest BCUT2D eigenvalue weighted by Gasteiger charge is -2.23. The van der Waals surface area contributed by atoms with Crippen molar-refractivity contribution in [3.05, 3.63) is 95.3 Å². The molecule has 0 saturated carbocycles. The van der Waals surface area contributed by atoms with E-state index in [-0.39, 0.29) is 63.2 Å². The molecule has 5 rings (SSSR count). The first-order valence-corrected chi connectivity index (χ1v) is 13.6. The zero-order valence-corrected chi connectivity index (χ0v) is 22.6. The second kappa shape index (κ2) is 10.7. The number of phenols is 1. The average molecular weight is 583 g/mol. The van der Waals surface area contributed by atoms with Crippen LogP contribution in [-0.4, -0.2) is 48.3 Å². The highest BCUT2D eigenvalue weighted by Crippen LogP contribution is 2.46. The van der Waals surface area contributed by atoms with Gasteiger partial charge in [0.05, 0.1) is 30.3 Å². The quantitative estimate of drug-likeness (QED) is 0.234. The highest BCUT2D eigenvalue weighted by atomic mass is 32.2. The summed E-state index contributed by atoms with van der Waals surface area (Å²) < 4.78 is 63.7. The zero-order valence-electron chi connectivity index (χ0n) is 21.8. The standard InChI is InChI=1S/C28H24F2N4O6S/c1-33(41(38,39)32-13-17-7-10-19(30)12-21(17)28(37)40-2)25-20-4-3-11-31-24(20)26(35)23-22(25)15-34(27(23)36)14-16-5-8-18(29)9-6-16/h3-12,15,32,35-36H,13-14H2,1-2H3. The summed E-state index contributed by atoms with van der Waals surface area (Å²) in [6, 6.07) is 12.1. The van der Waals surface area contributed by atoms with Crippen molar-refractivity contribution < 1.29 is 36.9 Å². The molecule has 0 bridgehead atoms. The molecule has 0 aliphatic rings. The number of ether oxygens (including phenoxy) is 1. The highest BCUT2D eigenvalue weighted by Gasteiger charge is 2.28. The highest BCUT2D eigenvalue weighted by molar-refractivity contribution is 7.90. The number of anilines is 1. The lowest BCUT2D eigenvalue weighted by atomic mass is 10.1. The molecular weight excluding hydrogens is 558 g/mol. The lowest BCUT2D eigenvalue weighted by Crippen LogP contribution is -2.38. The Morgan fingerprint density at radius 3 is 2.49 bits per heavy atom. The Labute approximate surface area is 233 Å². The van der Waals surface area contributed by atoms with E-state index in [1.54, 1.807) is 12.1 Å². The molecule has 2 heterocycles. The molecule has 0 saturated heterocycles. The predicted octanol–water partition coefficient (Wildman–Crippen LogP) is 4.18. The summed E-state index contributed by atoms with van der Waals surface area (Å²) in [6.45, 7) is -0.273. The van der Waals surface area contributed by atoms with Crippen LogP contribution in [0, 0.1) is 11.6 Å². The van der Waals surface area contributed by atoms with Crippen molar-refractivity contribution in [1.82, 2.24) is 14.3 Å². The molecule has 0 unspecified atom stereocenters. The number of rotatable bonds is 8. The van der Waals surface area contributed by atoms with Gasteiger partial charge in [0.2, 0.25) is 5.88 Å². The smallest absolute Gasteiger partial charge is 0.338 e. The Morgan fingerprint density at radius 1 is 1.07 bits per heavy atom. The van der Waals surface area contributed by atoms with Gasteiger partial charge in [-0.1, -0.05) is 18.2 Å². The van der Waals surface area contributed by atoms with Crippen LogP contribution in [0.1, 0.15) is 21.5 Å². The normalized spacial score (nSPS) is 11.7. The Hall–Kier alpha value is -4.75. The van der Waals surface area contributed by atoms with E-state index in [2.05, 4.69) is 14.4 Å². The Morgan fingerprint density at radius 2 is 1.78 bits per heavy atom. The molecule has 0 radical (unpaired) electrons. The fourth-order valence-corrected chi connectivity index (χ4v) is 5.61. The van der Waals surface area contributed by atoms with Crippen molar-refractivity contribution in [2.75, 3.05) is 18.5 Å². The number of halogens is 2. The molecule has 10 nitrogen and oxygen atoms in total. The maximum absolute atomic E-state index is 13.8. The number of hydrogen-bond donors (Lipinski definition) is 3. The topological polar surface area (TPSA) is 134 Å². The van der Waals surface area contributed by atoms with Gasteiger partial charge in [-0.3, -0.25) is 9.29 Å². The summed E-state index contributed by atoms with van der Waals surface area (Å²) in [5.74, 6) is -2.63. The molecule has 3 N–H and O–H groups in total. The SMILES string of the molecule is COC(=O)c1cc(F)ccc1CNS(=O)(=O)N(C)c1c2cccnc2c(O)c2c(O)n(Cc3ccc(F)cc3)cc12. The summed E-state index contributed by atoms with van der Waals surface area (Å²) in [6.07, 6.45) is 2.90. The number of nitrogens with one attached hydrogen (secondary N) is 1. The molecular formula is C28H24F2N4O6S. The molecule has 5 aromatic rings. The number of hydrogen-bond acceptors (Lipinski definition) is 7. The number of carbonyl (C=O) groups excluding carboxylic acids is 1. The van der Waals surface area contributed by atoms with Crippen molar-refractivity contribution in [1.29, 1.82) is 0 Å². The van der Waals surface area contributed by atoms with Crippen LogP contribution in [0.2, 0.25) is 0 Å². The minimum atomic E-state index is -4.34. The van der Waals surface area contributed by atoms with Crippen LogP contribution in [-0.2, 0) is 28.0 Å². The molecule has 0 amide bonds. The van der Waals surface area contributed by atoms with Crippen LogP contribution in [0.4, 0.5) is 14.5 Å². The lowest BCUT2D eigenvalue weighted by molar-refractivity contribution is 0.0598. The number of pyridine rings is 1. The first-order chi connectivity index (χ1) is 19.5. The first-order valence-electron chi connectivity index (χ1n) is 12.2. The minimum Gasteiger partial charge on any atom is -0.505 e. The average Bonchev–Trinajstić information content (AvgIpc) is 3.28. The van der Waals surface area contributed by atoms with Crippen molar-refractivity contribution in [3.8, 4) is 11.6 Å².